The van der Waals surface area contributed by atoms with Crippen molar-refractivity contribution < 1.29 is 0 Å². The standard InChI is InChI=1S/C16H11ClN6S/c17-12-5-6-14(20-13(12)8-18)24-16-22-21-15(23(16)11-3-4-11)10-2-1-7-19-9-10/h1-2,5-7,9,11H,3-4H2. The Morgan fingerprint density at radius 1 is 1.25 bits per heavy atom. The first-order valence-corrected chi connectivity index (χ1v) is 8.55. The van der Waals surface area contributed by atoms with Crippen LogP contribution >= 0.6 is 23.4 Å². The molecule has 0 N–H and O–H groups in total. The summed E-state index contributed by atoms with van der Waals surface area (Å²) in [6.07, 6.45) is 5.73. The molecule has 0 radical (unpaired) electrons. The monoisotopic (exact) mass is 354 g/mol. The predicted molar refractivity (Wildman–Crippen MR) is 89.6 cm³/mol. The molecule has 1 aliphatic rings. The molecule has 1 aliphatic carbocycles. The first-order chi connectivity index (χ1) is 11.8. The topological polar surface area (TPSA) is 80.3 Å². The van der Waals surface area contributed by atoms with E-state index in [1.165, 1.54) is 11.8 Å². The molecule has 3 heterocycles. The Morgan fingerprint density at radius 3 is 2.83 bits per heavy atom. The van der Waals surface area contributed by atoms with Crippen LogP contribution in [0.2, 0.25) is 5.02 Å². The van der Waals surface area contributed by atoms with Crippen molar-refractivity contribution in [2.45, 2.75) is 29.1 Å². The van der Waals surface area contributed by atoms with Gasteiger partial charge in [0, 0.05) is 24.0 Å². The van der Waals surface area contributed by atoms with Crippen LogP contribution in [0, 0.1) is 11.3 Å². The van der Waals surface area contributed by atoms with Crippen molar-refractivity contribution in [1.82, 2.24) is 24.7 Å². The lowest BCUT2D eigenvalue weighted by atomic mass is 10.3. The fourth-order valence-corrected chi connectivity index (χ4v) is 3.38. The Hall–Kier alpha value is -2.43. The fourth-order valence-electron chi connectivity index (χ4n) is 2.35. The first-order valence-electron chi connectivity index (χ1n) is 7.36. The average Bonchev–Trinajstić information content (AvgIpc) is 3.37. The number of hydrogen-bond donors (Lipinski definition) is 0. The largest absolute Gasteiger partial charge is 0.299 e. The molecule has 0 aliphatic heterocycles. The normalized spacial score (nSPS) is 13.7. The van der Waals surface area contributed by atoms with Gasteiger partial charge in [0.25, 0.3) is 0 Å². The van der Waals surface area contributed by atoms with E-state index in [4.69, 9.17) is 16.9 Å². The van der Waals surface area contributed by atoms with Crippen molar-refractivity contribution in [1.29, 1.82) is 5.26 Å². The number of rotatable bonds is 4. The van der Waals surface area contributed by atoms with Gasteiger partial charge in [0.15, 0.2) is 16.7 Å². The van der Waals surface area contributed by atoms with E-state index in [2.05, 4.69) is 24.7 Å². The molecule has 1 saturated carbocycles. The molecular formula is C16H11ClN6S. The van der Waals surface area contributed by atoms with Crippen molar-refractivity contribution in [3.8, 4) is 17.5 Å². The minimum absolute atomic E-state index is 0.214. The number of pyridine rings is 2. The van der Waals surface area contributed by atoms with Crippen molar-refractivity contribution in [3.05, 3.63) is 47.4 Å². The summed E-state index contributed by atoms with van der Waals surface area (Å²) < 4.78 is 2.13. The van der Waals surface area contributed by atoms with Crippen molar-refractivity contribution in [2.75, 3.05) is 0 Å². The third-order valence-electron chi connectivity index (χ3n) is 3.62. The second-order valence-corrected chi connectivity index (χ2v) is 6.74. The zero-order valence-electron chi connectivity index (χ0n) is 12.4. The number of halogens is 1. The molecule has 3 aromatic heterocycles. The summed E-state index contributed by atoms with van der Waals surface area (Å²) in [6.45, 7) is 0. The molecule has 0 amide bonds. The van der Waals surface area contributed by atoms with Crippen LogP contribution in [0.5, 0.6) is 0 Å². The minimum atomic E-state index is 0.214. The lowest BCUT2D eigenvalue weighted by Gasteiger charge is -2.08. The quantitative estimate of drug-likeness (QED) is 0.709. The molecule has 0 spiro atoms. The molecule has 0 aromatic carbocycles. The number of nitrogens with zero attached hydrogens (tertiary/aromatic N) is 6. The second-order valence-electron chi connectivity index (χ2n) is 5.34. The summed E-state index contributed by atoms with van der Waals surface area (Å²) in [7, 11) is 0. The number of aromatic nitrogens is 5. The third kappa shape index (κ3) is 2.86. The Kier molecular flexibility index (Phi) is 3.92. The predicted octanol–water partition coefficient (Wildman–Crippen LogP) is 3.75. The van der Waals surface area contributed by atoms with Gasteiger partial charge in [0.2, 0.25) is 0 Å². The molecule has 0 saturated heterocycles. The van der Waals surface area contributed by atoms with Gasteiger partial charge in [-0.05, 0) is 48.9 Å². The maximum atomic E-state index is 9.07. The van der Waals surface area contributed by atoms with Crippen LogP contribution in [-0.4, -0.2) is 24.7 Å². The van der Waals surface area contributed by atoms with E-state index >= 15 is 0 Å². The highest BCUT2D eigenvalue weighted by Gasteiger charge is 2.30. The number of nitriles is 1. The van der Waals surface area contributed by atoms with E-state index in [1.54, 1.807) is 24.5 Å². The summed E-state index contributed by atoms with van der Waals surface area (Å²) >= 11 is 7.33. The molecule has 3 aromatic rings. The van der Waals surface area contributed by atoms with Crippen molar-refractivity contribution >= 4 is 23.4 Å². The van der Waals surface area contributed by atoms with E-state index in [0.29, 0.717) is 16.1 Å². The van der Waals surface area contributed by atoms with Gasteiger partial charge in [-0.25, -0.2) is 4.98 Å². The SMILES string of the molecule is N#Cc1nc(Sc2nnc(-c3cccnc3)n2C2CC2)ccc1Cl. The van der Waals surface area contributed by atoms with E-state index in [-0.39, 0.29) is 5.69 Å². The number of hydrogen-bond acceptors (Lipinski definition) is 6. The van der Waals surface area contributed by atoms with Crippen LogP contribution in [0.25, 0.3) is 11.4 Å². The van der Waals surface area contributed by atoms with E-state index < -0.39 is 0 Å². The summed E-state index contributed by atoms with van der Waals surface area (Å²) in [6, 6.07) is 9.71. The van der Waals surface area contributed by atoms with Crippen molar-refractivity contribution in [3.63, 3.8) is 0 Å². The zero-order chi connectivity index (χ0) is 16.5. The van der Waals surface area contributed by atoms with E-state index in [1.807, 2.05) is 18.2 Å². The molecule has 8 heteroatoms. The average molecular weight is 355 g/mol. The van der Waals surface area contributed by atoms with Crippen LogP contribution in [0.4, 0.5) is 0 Å². The van der Waals surface area contributed by atoms with Gasteiger partial charge in [-0.3, -0.25) is 9.55 Å². The van der Waals surface area contributed by atoms with E-state index in [0.717, 1.165) is 29.4 Å². The van der Waals surface area contributed by atoms with Gasteiger partial charge < -0.3 is 0 Å². The van der Waals surface area contributed by atoms with Gasteiger partial charge in [0.05, 0.1) is 5.02 Å². The Balaban J connectivity index is 1.72. The summed E-state index contributed by atoms with van der Waals surface area (Å²) in [4.78, 5) is 8.42. The van der Waals surface area contributed by atoms with Crippen molar-refractivity contribution in [2.24, 2.45) is 0 Å². The van der Waals surface area contributed by atoms with Gasteiger partial charge in [0.1, 0.15) is 11.1 Å². The second kappa shape index (κ2) is 6.23. The summed E-state index contributed by atoms with van der Waals surface area (Å²) in [5, 5.41) is 19.5. The molecule has 24 heavy (non-hydrogen) atoms. The lowest BCUT2D eigenvalue weighted by molar-refractivity contribution is 0.668. The molecule has 0 unspecified atom stereocenters. The molecular weight excluding hydrogens is 344 g/mol. The van der Waals surface area contributed by atoms with E-state index in [9.17, 15) is 0 Å². The molecule has 0 atom stereocenters. The molecule has 118 valence electrons. The van der Waals surface area contributed by atoms with Crippen LogP contribution in [0.15, 0.2) is 46.8 Å². The van der Waals surface area contributed by atoms with Gasteiger partial charge >= 0.3 is 0 Å². The maximum Gasteiger partial charge on any atom is 0.198 e. The third-order valence-corrected chi connectivity index (χ3v) is 4.82. The van der Waals surface area contributed by atoms with Crippen LogP contribution in [-0.2, 0) is 0 Å². The molecule has 1 fully saturated rings. The highest BCUT2D eigenvalue weighted by atomic mass is 35.5. The van der Waals surface area contributed by atoms with Crippen LogP contribution in [0.3, 0.4) is 0 Å². The first kappa shape index (κ1) is 15.1. The zero-order valence-corrected chi connectivity index (χ0v) is 14.0. The van der Waals surface area contributed by atoms with Crippen LogP contribution < -0.4 is 0 Å². The highest BCUT2D eigenvalue weighted by molar-refractivity contribution is 7.99. The van der Waals surface area contributed by atoms with Gasteiger partial charge in [-0.15, -0.1) is 10.2 Å². The summed E-state index contributed by atoms with van der Waals surface area (Å²) in [5.74, 6) is 0.808. The molecule has 0 bridgehead atoms. The Labute approximate surface area is 147 Å². The molecule has 4 rings (SSSR count). The minimum Gasteiger partial charge on any atom is -0.299 e. The Bertz CT molecular complexity index is 929. The van der Waals surface area contributed by atoms with Gasteiger partial charge in [-0.1, -0.05) is 11.6 Å². The lowest BCUT2D eigenvalue weighted by Crippen LogP contribution is -2.00. The van der Waals surface area contributed by atoms with Gasteiger partial charge in [-0.2, -0.15) is 5.26 Å². The van der Waals surface area contributed by atoms with Crippen LogP contribution in [0.1, 0.15) is 24.6 Å². The highest BCUT2D eigenvalue weighted by Crippen LogP contribution is 2.42. The fraction of sp³-hybridized carbons (Fsp3) is 0.188. The Morgan fingerprint density at radius 2 is 2.12 bits per heavy atom. The smallest absolute Gasteiger partial charge is 0.198 e. The molecule has 6 nitrogen and oxygen atoms in total. The summed E-state index contributed by atoms with van der Waals surface area (Å²) in [5.41, 5.74) is 1.15. The maximum absolute atomic E-state index is 9.07.